The van der Waals surface area contributed by atoms with Crippen molar-refractivity contribution in [2.75, 3.05) is 6.61 Å². The van der Waals surface area contributed by atoms with Gasteiger partial charge in [0.25, 0.3) is 11.8 Å². The fourth-order valence-corrected chi connectivity index (χ4v) is 2.44. The van der Waals surface area contributed by atoms with Gasteiger partial charge in [-0.05, 0) is 12.8 Å². The van der Waals surface area contributed by atoms with E-state index in [4.69, 9.17) is 4.74 Å². The summed E-state index contributed by atoms with van der Waals surface area (Å²) in [5, 5.41) is 0. The summed E-state index contributed by atoms with van der Waals surface area (Å²) in [4.78, 5) is 36.7. The van der Waals surface area contributed by atoms with E-state index in [1.807, 2.05) is 6.92 Å². The number of imide groups is 1. The van der Waals surface area contributed by atoms with Crippen LogP contribution in [0.3, 0.4) is 0 Å². The van der Waals surface area contributed by atoms with Crippen molar-refractivity contribution in [1.29, 1.82) is 0 Å². The van der Waals surface area contributed by atoms with E-state index in [2.05, 4.69) is 6.92 Å². The van der Waals surface area contributed by atoms with E-state index < -0.39 is 23.8 Å². The Morgan fingerprint density at radius 1 is 1.00 bits per heavy atom. The number of carbonyl (C=O) groups excluding carboxylic acids is 3. The van der Waals surface area contributed by atoms with Gasteiger partial charge < -0.3 is 4.74 Å². The molecular weight excluding hydrogens is 282 g/mol. The quantitative estimate of drug-likeness (QED) is 0.334. The van der Waals surface area contributed by atoms with E-state index in [9.17, 15) is 14.4 Å². The Kier molecular flexibility index (Phi) is 8.48. The van der Waals surface area contributed by atoms with Gasteiger partial charge in [0.05, 0.1) is 6.61 Å². The van der Waals surface area contributed by atoms with Crippen molar-refractivity contribution < 1.29 is 19.1 Å². The van der Waals surface area contributed by atoms with Crippen LogP contribution < -0.4 is 0 Å². The van der Waals surface area contributed by atoms with Crippen LogP contribution in [0.2, 0.25) is 0 Å². The zero-order valence-corrected chi connectivity index (χ0v) is 13.7. The lowest BCUT2D eigenvalue weighted by Crippen LogP contribution is -2.45. The number of esters is 1. The van der Waals surface area contributed by atoms with Crippen LogP contribution in [0.1, 0.15) is 65.2 Å². The molecule has 0 spiro atoms. The standard InChI is InChI=1S/C17H27NO4/c1-3-5-7-8-9-13-22-17(21)14(10-6-4-2)18-15(19)11-12-16(18)20/h11-12,14H,3-10,13H2,1-2H3. The first-order valence-electron chi connectivity index (χ1n) is 8.33. The van der Waals surface area contributed by atoms with Crippen molar-refractivity contribution in [3.8, 4) is 0 Å². The molecule has 1 atom stereocenters. The first-order valence-corrected chi connectivity index (χ1v) is 8.33. The van der Waals surface area contributed by atoms with Gasteiger partial charge in [-0.25, -0.2) is 4.79 Å². The fraction of sp³-hybridized carbons (Fsp3) is 0.706. The number of amides is 2. The number of ether oxygens (including phenoxy) is 1. The van der Waals surface area contributed by atoms with E-state index >= 15 is 0 Å². The Hall–Kier alpha value is -1.65. The molecule has 0 N–H and O–H groups in total. The third kappa shape index (κ3) is 5.62. The minimum atomic E-state index is -0.786. The summed E-state index contributed by atoms with van der Waals surface area (Å²) in [6.07, 6.45) is 9.90. The third-order valence-corrected chi connectivity index (χ3v) is 3.75. The lowest BCUT2D eigenvalue weighted by atomic mass is 10.1. The summed E-state index contributed by atoms with van der Waals surface area (Å²) in [5.74, 6) is -1.31. The van der Waals surface area contributed by atoms with Crippen LogP contribution in [0.4, 0.5) is 0 Å². The topological polar surface area (TPSA) is 63.7 Å². The maximum atomic E-state index is 12.2. The number of unbranched alkanes of at least 4 members (excludes halogenated alkanes) is 5. The number of nitrogens with zero attached hydrogens (tertiary/aromatic N) is 1. The highest BCUT2D eigenvalue weighted by atomic mass is 16.5. The predicted molar refractivity (Wildman–Crippen MR) is 84.0 cm³/mol. The van der Waals surface area contributed by atoms with Gasteiger partial charge in [0.1, 0.15) is 6.04 Å². The molecule has 124 valence electrons. The molecule has 0 fully saturated rings. The van der Waals surface area contributed by atoms with Crippen molar-refractivity contribution in [2.24, 2.45) is 0 Å². The fourth-order valence-electron chi connectivity index (χ4n) is 2.44. The molecule has 5 heteroatoms. The first-order chi connectivity index (χ1) is 10.6. The van der Waals surface area contributed by atoms with Gasteiger partial charge in [0, 0.05) is 12.2 Å². The molecule has 0 radical (unpaired) electrons. The molecule has 0 saturated carbocycles. The average molecular weight is 309 g/mol. The summed E-state index contributed by atoms with van der Waals surface area (Å²) in [5.41, 5.74) is 0. The molecule has 1 aliphatic rings. The van der Waals surface area contributed by atoms with Gasteiger partial charge in [0.15, 0.2) is 0 Å². The number of rotatable bonds is 11. The molecule has 1 rings (SSSR count). The van der Waals surface area contributed by atoms with E-state index in [-0.39, 0.29) is 0 Å². The van der Waals surface area contributed by atoms with E-state index in [0.29, 0.717) is 13.0 Å². The molecule has 0 aromatic rings. The molecule has 1 aliphatic heterocycles. The van der Waals surface area contributed by atoms with E-state index in [1.165, 1.54) is 25.0 Å². The van der Waals surface area contributed by atoms with Crippen LogP contribution in [-0.2, 0) is 19.1 Å². The highest BCUT2D eigenvalue weighted by molar-refractivity contribution is 6.14. The minimum absolute atomic E-state index is 0.356. The normalized spacial score (nSPS) is 15.5. The predicted octanol–water partition coefficient (Wildman–Crippen LogP) is 2.98. The van der Waals surface area contributed by atoms with Crippen molar-refractivity contribution in [2.45, 2.75) is 71.3 Å². The van der Waals surface area contributed by atoms with Gasteiger partial charge in [-0.15, -0.1) is 0 Å². The van der Waals surface area contributed by atoms with Gasteiger partial charge >= 0.3 is 5.97 Å². The van der Waals surface area contributed by atoms with Crippen LogP contribution in [0.25, 0.3) is 0 Å². The monoisotopic (exact) mass is 309 g/mol. The van der Waals surface area contributed by atoms with Crippen LogP contribution in [0.5, 0.6) is 0 Å². The lowest BCUT2D eigenvalue weighted by Gasteiger charge is -2.24. The molecule has 1 heterocycles. The summed E-state index contributed by atoms with van der Waals surface area (Å²) in [6, 6.07) is -0.786. The summed E-state index contributed by atoms with van der Waals surface area (Å²) >= 11 is 0. The van der Waals surface area contributed by atoms with Gasteiger partial charge in [0.2, 0.25) is 0 Å². The Morgan fingerprint density at radius 2 is 1.59 bits per heavy atom. The molecule has 0 bridgehead atoms. The zero-order chi connectivity index (χ0) is 16.4. The van der Waals surface area contributed by atoms with Gasteiger partial charge in [-0.1, -0.05) is 52.4 Å². The second kappa shape index (κ2) is 10.1. The Labute approximate surface area is 132 Å². The molecule has 5 nitrogen and oxygen atoms in total. The van der Waals surface area contributed by atoms with Crippen molar-refractivity contribution in [3.05, 3.63) is 12.2 Å². The SMILES string of the molecule is CCCCCCCOC(=O)C(CCCC)N1C(=O)C=CC1=O. The number of hydrogen-bond donors (Lipinski definition) is 0. The number of hydrogen-bond acceptors (Lipinski definition) is 4. The molecule has 0 saturated heterocycles. The maximum absolute atomic E-state index is 12.2. The van der Waals surface area contributed by atoms with Gasteiger partial charge in [-0.3, -0.25) is 14.5 Å². The first kappa shape index (κ1) is 18.4. The van der Waals surface area contributed by atoms with Crippen molar-refractivity contribution in [3.63, 3.8) is 0 Å². The summed E-state index contributed by atoms with van der Waals surface area (Å²) in [7, 11) is 0. The second-order valence-electron chi connectivity index (χ2n) is 5.62. The van der Waals surface area contributed by atoms with E-state index in [0.717, 1.165) is 37.0 Å². The Morgan fingerprint density at radius 3 is 2.18 bits per heavy atom. The minimum Gasteiger partial charge on any atom is -0.464 e. The third-order valence-electron chi connectivity index (χ3n) is 3.75. The van der Waals surface area contributed by atoms with Crippen LogP contribution in [-0.4, -0.2) is 35.3 Å². The molecule has 0 aliphatic carbocycles. The summed E-state index contributed by atoms with van der Waals surface area (Å²) in [6.45, 7) is 4.51. The molecule has 22 heavy (non-hydrogen) atoms. The second-order valence-corrected chi connectivity index (χ2v) is 5.62. The maximum Gasteiger partial charge on any atom is 0.329 e. The van der Waals surface area contributed by atoms with Crippen LogP contribution in [0, 0.1) is 0 Å². The van der Waals surface area contributed by atoms with Gasteiger partial charge in [-0.2, -0.15) is 0 Å². The molecule has 0 aromatic carbocycles. The molecule has 1 unspecified atom stereocenters. The Balaban J connectivity index is 2.47. The molecule has 2 amide bonds. The molecular formula is C17H27NO4. The smallest absolute Gasteiger partial charge is 0.329 e. The zero-order valence-electron chi connectivity index (χ0n) is 13.7. The van der Waals surface area contributed by atoms with Crippen molar-refractivity contribution in [1.82, 2.24) is 4.90 Å². The highest BCUT2D eigenvalue weighted by Crippen LogP contribution is 2.16. The highest BCUT2D eigenvalue weighted by Gasteiger charge is 2.36. The molecule has 0 aromatic heterocycles. The van der Waals surface area contributed by atoms with Crippen LogP contribution >= 0.6 is 0 Å². The largest absolute Gasteiger partial charge is 0.464 e. The Bertz CT molecular complexity index is 399. The number of carbonyl (C=O) groups is 3. The lowest BCUT2D eigenvalue weighted by molar-refractivity contribution is -0.158. The van der Waals surface area contributed by atoms with Crippen molar-refractivity contribution >= 4 is 17.8 Å². The van der Waals surface area contributed by atoms with E-state index in [1.54, 1.807) is 0 Å². The average Bonchev–Trinajstić information content (AvgIpc) is 2.83. The summed E-state index contributed by atoms with van der Waals surface area (Å²) < 4.78 is 5.28. The van der Waals surface area contributed by atoms with Crippen LogP contribution in [0.15, 0.2) is 12.2 Å².